The third-order valence-electron chi connectivity index (χ3n) is 3.43. The van der Waals surface area contributed by atoms with Crippen LogP contribution in [0, 0.1) is 6.92 Å². The van der Waals surface area contributed by atoms with E-state index in [1.54, 1.807) is 30.3 Å². The molecule has 0 aliphatic rings. The van der Waals surface area contributed by atoms with Crippen LogP contribution in [0.1, 0.15) is 15.9 Å². The van der Waals surface area contributed by atoms with Gasteiger partial charge in [-0.3, -0.25) is 4.79 Å². The van der Waals surface area contributed by atoms with Crippen molar-refractivity contribution in [3.63, 3.8) is 0 Å². The van der Waals surface area contributed by atoms with E-state index in [-0.39, 0.29) is 5.91 Å². The molecule has 5 nitrogen and oxygen atoms in total. The first-order valence-electron chi connectivity index (χ1n) is 7.43. The van der Waals surface area contributed by atoms with Crippen molar-refractivity contribution in [2.45, 2.75) is 6.92 Å². The summed E-state index contributed by atoms with van der Waals surface area (Å²) in [4.78, 5) is 20.6. The monoisotopic (exact) mass is 372 g/mol. The Kier molecular flexibility index (Phi) is 5.16. The summed E-state index contributed by atoms with van der Waals surface area (Å²) in [5.41, 5.74) is 2.68. The van der Waals surface area contributed by atoms with Crippen molar-refractivity contribution < 1.29 is 4.79 Å². The molecule has 7 heteroatoms. The number of anilines is 3. The molecule has 1 aromatic heterocycles. The van der Waals surface area contributed by atoms with Gasteiger partial charge in [-0.15, -0.1) is 0 Å². The second-order valence-electron chi connectivity index (χ2n) is 5.34. The largest absolute Gasteiger partial charge is 0.324 e. The van der Waals surface area contributed by atoms with E-state index in [4.69, 9.17) is 23.2 Å². The molecule has 2 N–H and O–H groups in total. The van der Waals surface area contributed by atoms with E-state index < -0.39 is 0 Å². The van der Waals surface area contributed by atoms with Gasteiger partial charge in [0.2, 0.25) is 5.95 Å². The summed E-state index contributed by atoms with van der Waals surface area (Å²) < 4.78 is 0. The van der Waals surface area contributed by atoms with E-state index in [2.05, 4.69) is 20.6 Å². The Bertz CT molecular complexity index is 913. The van der Waals surface area contributed by atoms with E-state index in [0.29, 0.717) is 27.2 Å². The molecular formula is C18H14Cl2N4O. The van der Waals surface area contributed by atoms with E-state index in [9.17, 15) is 4.79 Å². The smallest absolute Gasteiger partial charge is 0.258 e. The highest BCUT2D eigenvalue weighted by Gasteiger charge is 2.09. The minimum Gasteiger partial charge on any atom is -0.324 e. The SMILES string of the molecule is Cc1cc(Cl)ccc1NC(=O)c1cnc(Nc2cccc(Cl)c2)nc1. The Hall–Kier alpha value is -2.63. The van der Waals surface area contributed by atoms with Crippen LogP contribution in [0.15, 0.2) is 54.9 Å². The molecule has 1 amide bonds. The van der Waals surface area contributed by atoms with Crippen molar-refractivity contribution in [1.82, 2.24) is 9.97 Å². The van der Waals surface area contributed by atoms with Gasteiger partial charge in [-0.05, 0) is 48.9 Å². The van der Waals surface area contributed by atoms with E-state index >= 15 is 0 Å². The number of halogens is 2. The fourth-order valence-corrected chi connectivity index (χ4v) is 2.58. The molecule has 1 heterocycles. The van der Waals surface area contributed by atoms with Crippen LogP contribution in [0.25, 0.3) is 0 Å². The average Bonchev–Trinajstić information content (AvgIpc) is 2.58. The predicted octanol–water partition coefficient (Wildman–Crippen LogP) is 5.09. The molecule has 0 radical (unpaired) electrons. The summed E-state index contributed by atoms with van der Waals surface area (Å²) in [5.74, 6) is 0.0845. The molecule has 0 atom stereocenters. The molecule has 25 heavy (non-hydrogen) atoms. The van der Waals surface area contributed by atoms with Gasteiger partial charge in [-0.1, -0.05) is 29.3 Å². The lowest BCUT2D eigenvalue weighted by Gasteiger charge is -2.09. The Balaban J connectivity index is 1.70. The lowest BCUT2D eigenvalue weighted by Crippen LogP contribution is -2.13. The van der Waals surface area contributed by atoms with Crippen LogP contribution in [0.3, 0.4) is 0 Å². The fourth-order valence-electron chi connectivity index (χ4n) is 2.17. The maximum absolute atomic E-state index is 12.3. The molecule has 126 valence electrons. The summed E-state index contributed by atoms with van der Waals surface area (Å²) in [6.45, 7) is 1.87. The van der Waals surface area contributed by atoms with Crippen LogP contribution >= 0.6 is 23.2 Å². The van der Waals surface area contributed by atoms with Crippen LogP contribution in [-0.4, -0.2) is 15.9 Å². The van der Waals surface area contributed by atoms with Crippen molar-refractivity contribution in [2.24, 2.45) is 0 Å². The highest BCUT2D eigenvalue weighted by molar-refractivity contribution is 6.31. The molecule has 0 unspecified atom stereocenters. The van der Waals surface area contributed by atoms with Crippen LogP contribution in [0.2, 0.25) is 10.0 Å². The topological polar surface area (TPSA) is 66.9 Å². The zero-order valence-corrected chi connectivity index (χ0v) is 14.8. The van der Waals surface area contributed by atoms with E-state index in [1.807, 2.05) is 19.1 Å². The molecule has 0 saturated carbocycles. The summed E-state index contributed by atoms with van der Waals surface area (Å²) in [6, 6.07) is 12.5. The van der Waals surface area contributed by atoms with E-state index in [1.165, 1.54) is 12.4 Å². The normalized spacial score (nSPS) is 10.4. The molecular weight excluding hydrogens is 359 g/mol. The average molecular weight is 373 g/mol. The third kappa shape index (κ3) is 4.47. The number of rotatable bonds is 4. The van der Waals surface area contributed by atoms with Crippen molar-refractivity contribution in [1.29, 1.82) is 0 Å². The quantitative estimate of drug-likeness (QED) is 0.669. The van der Waals surface area contributed by atoms with Gasteiger partial charge in [0.1, 0.15) is 0 Å². The van der Waals surface area contributed by atoms with E-state index in [0.717, 1.165) is 11.3 Å². The molecule has 3 rings (SSSR count). The minimum atomic E-state index is -0.292. The Morgan fingerprint density at radius 3 is 2.40 bits per heavy atom. The van der Waals surface area contributed by atoms with Gasteiger partial charge in [0.05, 0.1) is 5.56 Å². The number of nitrogens with zero attached hydrogens (tertiary/aromatic N) is 2. The first kappa shape index (κ1) is 17.2. The number of nitrogens with one attached hydrogen (secondary N) is 2. The number of hydrogen-bond donors (Lipinski definition) is 2. The second kappa shape index (κ2) is 7.51. The second-order valence-corrected chi connectivity index (χ2v) is 6.22. The summed E-state index contributed by atoms with van der Waals surface area (Å²) in [5, 5.41) is 7.07. The van der Waals surface area contributed by atoms with Crippen molar-refractivity contribution in [3.8, 4) is 0 Å². The molecule has 0 fully saturated rings. The molecule has 3 aromatic rings. The van der Waals surface area contributed by atoms with Crippen LogP contribution in [0.5, 0.6) is 0 Å². The maximum Gasteiger partial charge on any atom is 0.258 e. The molecule has 0 aliphatic heterocycles. The third-order valence-corrected chi connectivity index (χ3v) is 3.90. The van der Waals surface area contributed by atoms with Gasteiger partial charge in [-0.25, -0.2) is 9.97 Å². The lowest BCUT2D eigenvalue weighted by atomic mass is 10.2. The van der Waals surface area contributed by atoms with Crippen LogP contribution in [0.4, 0.5) is 17.3 Å². The maximum atomic E-state index is 12.3. The lowest BCUT2D eigenvalue weighted by molar-refractivity contribution is 0.102. The number of amides is 1. The molecule has 0 saturated heterocycles. The Morgan fingerprint density at radius 2 is 1.72 bits per heavy atom. The van der Waals surface area contributed by atoms with Crippen molar-refractivity contribution >= 4 is 46.4 Å². The zero-order chi connectivity index (χ0) is 17.8. The van der Waals surface area contributed by atoms with Crippen molar-refractivity contribution in [3.05, 3.63) is 76.0 Å². The molecule has 2 aromatic carbocycles. The summed E-state index contributed by atoms with van der Waals surface area (Å²) >= 11 is 11.9. The Morgan fingerprint density at radius 1 is 1.00 bits per heavy atom. The van der Waals surface area contributed by atoms with Gasteiger partial charge in [0.15, 0.2) is 0 Å². The zero-order valence-electron chi connectivity index (χ0n) is 13.3. The highest BCUT2D eigenvalue weighted by atomic mass is 35.5. The Labute approximate surface area is 155 Å². The number of carbonyl (C=O) groups is 1. The van der Waals surface area contributed by atoms with Gasteiger partial charge in [0, 0.05) is 33.8 Å². The van der Waals surface area contributed by atoms with Gasteiger partial charge >= 0.3 is 0 Å². The summed E-state index contributed by atoms with van der Waals surface area (Å²) in [6.07, 6.45) is 2.92. The first-order valence-corrected chi connectivity index (χ1v) is 8.19. The fraction of sp³-hybridized carbons (Fsp3) is 0.0556. The number of carbonyl (C=O) groups excluding carboxylic acids is 1. The van der Waals surface area contributed by atoms with Crippen molar-refractivity contribution in [2.75, 3.05) is 10.6 Å². The highest BCUT2D eigenvalue weighted by Crippen LogP contribution is 2.21. The number of aryl methyl sites for hydroxylation is 1. The molecule has 0 aliphatic carbocycles. The number of benzene rings is 2. The molecule has 0 bridgehead atoms. The molecule has 0 spiro atoms. The first-order chi connectivity index (χ1) is 12.0. The predicted molar refractivity (Wildman–Crippen MR) is 101 cm³/mol. The standard InChI is InChI=1S/C18H14Cl2N4O/c1-11-7-14(20)5-6-16(11)24-17(25)12-9-21-18(22-10-12)23-15-4-2-3-13(19)8-15/h2-10H,1H3,(H,24,25)(H,21,22,23). The van der Waals surface area contributed by atoms with Gasteiger partial charge in [0.25, 0.3) is 5.91 Å². The van der Waals surface area contributed by atoms with Crippen LogP contribution in [-0.2, 0) is 0 Å². The summed E-state index contributed by atoms with van der Waals surface area (Å²) in [7, 11) is 0. The van der Waals surface area contributed by atoms with Gasteiger partial charge in [-0.2, -0.15) is 0 Å². The minimum absolute atomic E-state index is 0.292. The van der Waals surface area contributed by atoms with Crippen LogP contribution < -0.4 is 10.6 Å². The number of hydrogen-bond acceptors (Lipinski definition) is 4. The number of aromatic nitrogens is 2. The van der Waals surface area contributed by atoms with Gasteiger partial charge < -0.3 is 10.6 Å².